The molecule has 1 heterocycles. The van der Waals surface area contributed by atoms with Crippen molar-refractivity contribution in [3.63, 3.8) is 0 Å². The van der Waals surface area contributed by atoms with E-state index in [9.17, 15) is 9.59 Å². The summed E-state index contributed by atoms with van der Waals surface area (Å²) in [6.07, 6.45) is -0.438. The van der Waals surface area contributed by atoms with E-state index in [1.165, 1.54) is 0 Å². The number of H-pyrrole nitrogens is 1. The molecule has 27 heavy (non-hydrogen) atoms. The maximum Gasteiger partial charge on any atom is 0.407 e. The van der Waals surface area contributed by atoms with E-state index in [0.29, 0.717) is 13.1 Å². The first kappa shape index (κ1) is 18.8. The monoisotopic (exact) mass is 367 g/mol. The molecule has 6 heteroatoms. The van der Waals surface area contributed by atoms with Gasteiger partial charge in [-0.05, 0) is 56.5 Å². The van der Waals surface area contributed by atoms with E-state index in [0.717, 1.165) is 27.7 Å². The third-order valence-corrected chi connectivity index (χ3v) is 4.13. The second-order valence-electron chi connectivity index (χ2n) is 7.71. The molecule has 2 N–H and O–H groups in total. The van der Waals surface area contributed by atoms with Gasteiger partial charge in [0.1, 0.15) is 5.60 Å². The fourth-order valence-electron chi connectivity index (χ4n) is 2.85. The second kappa shape index (κ2) is 7.31. The Morgan fingerprint density at radius 1 is 1.11 bits per heavy atom. The summed E-state index contributed by atoms with van der Waals surface area (Å²) in [5, 5.41) is 2.74. The van der Waals surface area contributed by atoms with Crippen molar-refractivity contribution in [2.45, 2.75) is 46.4 Å². The number of fused-ring (bicyclic) bond motifs is 1. The summed E-state index contributed by atoms with van der Waals surface area (Å²) in [4.78, 5) is 26.9. The van der Waals surface area contributed by atoms with Gasteiger partial charge in [-0.25, -0.2) is 9.59 Å². The Balaban J connectivity index is 1.68. The molecule has 3 rings (SSSR count). The Labute approximate surface area is 158 Å². The summed E-state index contributed by atoms with van der Waals surface area (Å²) in [6, 6.07) is 13.7. The maximum absolute atomic E-state index is 12.3. The smallest absolute Gasteiger partial charge is 0.407 e. The number of ether oxygens (including phenoxy) is 1. The fourth-order valence-corrected chi connectivity index (χ4v) is 2.85. The highest BCUT2D eigenvalue weighted by Crippen LogP contribution is 2.14. The lowest BCUT2D eigenvalue weighted by molar-refractivity contribution is 0.0523. The molecule has 0 radical (unpaired) electrons. The van der Waals surface area contributed by atoms with Gasteiger partial charge in [-0.2, -0.15) is 0 Å². The second-order valence-corrected chi connectivity index (χ2v) is 7.71. The highest BCUT2D eigenvalue weighted by molar-refractivity contribution is 5.76. The molecule has 0 unspecified atom stereocenters. The van der Waals surface area contributed by atoms with Crippen molar-refractivity contribution in [1.29, 1.82) is 0 Å². The van der Waals surface area contributed by atoms with Crippen LogP contribution in [0.3, 0.4) is 0 Å². The predicted molar refractivity (Wildman–Crippen MR) is 106 cm³/mol. The summed E-state index contributed by atoms with van der Waals surface area (Å²) in [5.74, 6) is 0. The summed E-state index contributed by atoms with van der Waals surface area (Å²) >= 11 is 0. The van der Waals surface area contributed by atoms with Gasteiger partial charge in [0.2, 0.25) is 0 Å². The third kappa shape index (κ3) is 4.78. The van der Waals surface area contributed by atoms with Gasteiger partial charge in [0.05, 0.1) is 17.6 Å². The molecule has 0 aliphatic carbocycles. The number of amides is 1. The van der Waals surface area contributed by atoms with Crippen LogP contribution in [0.2, 0.25) is 0 Å². The SMILES string of the molecule is Cc1ccc2[nH]c(=O)n(Cc3ccc(CNC(=O)OC(C)(C)C)cc3)c2c1. The van der Waals surface area contributed by atoms with Gasteiger partial charge in [0, 0.05) is 6.54 Å². The van der Waals surface area contributed by atoms with Gasteiger partial charge in [-0.3, -0.25) is 4.57 Å². The van der Waals surface area contributed by atoms with Crippen LogP contribution in [0.4, 0.5) is 4.79 Å². The zero-order valence-electron chi connectivity index (χ0n) is 16.1. The average Bonchev–Trinajstić information content (AvgIpc) is 2.88. The molecule has 3 aromatic rings. The molecule has 0 atom stereocenters. The van der Waals surface area contributed by atoms with Crippen molar-refractivity contribution >= 4 is 17.1 Å². The lowest BCUT2D eigenvalue weighted by atomic mass is 10.1. The minimum absolute atomic E-state index is 0.119. The van der Waals surface area contributed by atoms with E-state index in [1.54, 1.807) is 4.57 Å². The number of carbonyl (C=O) groups excluding carboxylic acids is 1. The number of aromatic nitrogens is 2. The highest BCUT2D eigenvalue weighted by atomic mass is 16.6. The van der Waals surface area contributed by atoms with Crippen molar-refractivity contribution in [2.75, 3.05) is 0 Å². The van der Waals surface area contributed by atoms with Crippen LogP contribution >= 0.6 is 0 Å². The molecule has 1 amide bonds. The number of hydrogen-bond acceptors (Lipinski definition) is 3. The van der Waals surface area contributed by atoms with Crippen LogP contribution in [0.5, 0.6) is 0 Å². The van der Waals surface area contributed by atoms with Gasteiger partial charge in [-0.1, -0.05) is 30.3 Å². The first-order valence-electron chi connectivity index (χ1n) is 8.95. The quantitative estimate of drug-likeness (QED) is 0.738. The van der Waals surface area contributed by atoms with E-state index >= 15 is 0 Å². The van der Waals surface area contributed by atoms with Crippen molar-refractivity contribution in [3.8, 4) is 0 Å². The third-order valence-electron chi connectivity index (χ3n) is 4.13. The number of carbonyl (C=O) groups is 1. The minimum Gasteiger partial charge on any atom is -0.444 e. The van der Waals surface area contributed by atoms with Gasteiger partial charge >= 0.3 is 11.8 Å². The molecule has 6 nitrogen and oxygen atoms in total. The minimum atomic E-state index is -0.515. The van der Waals surface area contributed by atoms with Crippen LogP contribution in [0.15, 0.2) is 47.3 Å². The number of nitrogens with one attached hydrogen (secondary N) is 2. The summed E-state index contributed by atoms with van der Waals surface area (Å²) in [6.45, 7) is 8.37. The summed E-state index contributed by atoms with van der Waals surface area (Å²) in [7, 11) is 0. The zero-order valence-corrected chi connectivity index (χ0v) is 16.1. The van der Waals surface area contributed by atoms with E-state index in [-0.39, 0.29) is 5.69 Å². The normalized spacial score (nSPS) is 11.6. The molecule has 0 aliphatic heterocycles. The van der Waals surface area contributed by atoms with Crippen molar-refractivity contribution < 1.29 is 9.53 Å². The molecular formula is C21H25N3O3. The van der Waals surface area contributed by atoms with Crippen LogP contribution in [0, 0.1) is 6.92 Å². The van der Waals surface area contributed by atoms with E-state index in [1.807, 2.05) is 70.2 Å². The van der Waals surface area contributed by atoms with Crippen molar-refractivity contribution in [2.24, 2.45) is 0 Å². The number of hydrogen-bond donors (Lipinski definition) is 2. The zero-order chi connectivity index (χ0) is 19.6. The topological polar surface area (TPSA) is 76.1 Å². The lowest BCUT2D eigenvalue weighted by Crippen LogP contribution is -2.32. The van der Waals surface area contributed by atoms with Crippen molar-refractivity contribution in [1.82, 2.24) is 14.9 Å². The number of nitrogens with zero attached hydrogens (tertiary/aromatic N) is 1. The van der Waals surface area contributed by atoms with Crippen LogP contribution in [0.25, 0.3) is 11.0 Å². The Hall–Kier alpha value is -3.02. The molecule has 0 aliphatic rings. The van der Waals surface area contributed by atoms with Crippen molar-refractivity contribution in [3.05, 3.63) is 69.6 Å². The first-order chi connectivity index (χ1) is 12.7. The van der Waals surface area contributed by atoms with Gasteiger partial charge in [0.15, 0.2) is 0 Å². The largest absolute Gasteiger partial charge is 0.444 e. The molecule has 0 spiro atoms. The average molecular weight is 367 g/mol. The van der Waals surface area contributed by atoms with Crippen LogP contribution in [-0.2, 0) is 17.8 Å². The molecule has 0 saturated heterocycles. The first-order valence-corrected chi connectivity index (χ1v) is 8.95. The van der Waals surface area contributed by atoms with Crippen LogP contribution in [-0.4, -0.2) is 21.2 Å². The standard InChI is InChI=1S/C21H25N3O3/c1-14-5-10-17-18(11-14)24(19(25)23-17)13-16-8-6-15(7-9-16)12-22-20(26)27-21(2,3)4/h5-11H,12-13H2,1-4H3,(H,22,26)(H,23,25). The Morgan fingerprint density at radius 3 is 2.44 bits per heavy atom. The highest BCUT2D eigenvalue weighted by Gasteiger charge is 2.15. The van der Waals surface area contributed by atoms with Gasteiger partial charge < -0.3 is 15.0 Å². The number of rotatable bonds is 4. The van der Waals surface area contributed by atoms with Crippen LogP contribution in [0.1, 0.15) is 37.5 Å². The van der Waals surface area contributed by atoms with Gasteiger partial charge in [-0.15, -0.1) is 0 Å². The van der Waals surface area contributed by atoms with E-state index in [4.69, 9.17) is 4.74 Å². The summed E-state index contributed by atoms with van der Waals surface area (Å²) < 4.78 is 6.96. The number of imidazole rings is 1. The number of benzene rings is 2. The fraction of sp³-hybridized carbons (Fsp3) is 0.333. The molecule has 1 aromatic heterocycles. The van der Waals surface area contributed by atoms with Gasteiger partial charge in [0.25, 0.3) is 0 Å². The molecule has 0 fully saturated rings. The molecule has 2 aromatic carbocycles. The Bertz CT molecular complexity index is 1010. The Morgan fingerprint density at radius 2 is 1.78 bits per heavy atom. The Kier molecular flexibility index (Phi) is 5.08. The lowest BCUT2D eigenvalue weighted by Gasteiger charge is -2.19. The summed E-state index contributed by atoms with van der Waals surface area (Å²) in [5.41, 5.74) is 4.19. The predicted octanol–water partition coefficient (Wildman–Crippen LogP) is 3.71. The van der Waals surface area contributed by atoms with Crippen LogP contribution < -0.4 is 11.0 Å². The number of alkyl carbamates (subject to hydrolysis) is 1. The molecule has 142 valence electrons. The number of aromatic amines is 1. The molecular weight excluding hydrogens is 342 g/mol. The van der Waals surface area contributed by atoms with E-state index in [2.05, 4.69) is 10.3 Å². The molecule has 0 bridgehead atoms. The maximum atomic E-state index is 12.3. The molecule has 0 saturated carbocycles. The number of aryl methyl sites for hydroxylation is 1. The van der Waals surface area contributed by atoms with E-state index < -0.39 is 11.7 Å².